The van der Waals surface area contributed by atoms with Gasteiger partial charge in [-0.1, -0.05) is 54.6 Å². The van der Waals surface area contributed by atoms with Crippen molar-refractivity contribution in [1.82, 2.24) is 14.3 Å². The number of carboxylic acids is 1. The molecule has 8 nitrogen and oxygen atoms in total. The van der Waals surface area contributed by atoms with Crippen LogP contribution in [0.25, 0.3) is 32.8 Å². The molecule has 8 heteroatoms. The maximum absolute atomic E-state index is 12.9. The Bertz CT molecular complexity index is 1730. The van der Waals surface area contributed by atoms with Gasteiger partial charge < -0.3 is 23.9 Å². The SMILES string of the molecule is CCOCc1nn(C)c2c1-c1cccc3c(CCCOc4cccc5ccccc45)c(C(=O)O)n(c13)CCCCOC2. The van der Waals surface area contributed by atoms with E-state index in [9.17, 15) is 9.90 Å². The van der Waals surface area contributed by atoms with Gasteiger partial charge in [-0.3, -0.25) is 4.68 Å². The Morgan fingerprint density at radius 1 is 1.05 bits per heavy atom. The van der Waals surface area contributed by atoms with Crippen LogP contribution in [0.4, 0.5) is 0 Å². The number of nitrogens with zero attached hydrogens (tertiary/aromatic N) is 3. The van der Waals surface area contributed by atoms with Crippen molar-refractivity contribution in [1.29, 1.82) is 0 Å². The van der Waals surface area contributed by atoms with E-state index in [0.717, 1.165) is 68.3 Å². The minimum absolute atomic E-state index is 0.361. The highest BCUT2D eigenvalue weighted by Crippen LogP contribution is 2.39. The Labute approximate surface area is 245 Å². The van der Waals surface area contributed by atoms with Gasteiger partial charge in [-0.2, -0.15) is 5.10 Å². The van der Waals surface area contributed by atoms with Crippen LogP contribution in [0.1, 0.15) is 53.6 Å². The van der Waals surface area contributed by atoms with Crippen molar-refractivity contribution in [3.8, 4) is 16.9 Å². The summed E-state index contributed by atoms with van der Waals surface area (Å²) < 4.78 is 22.0. The fourth-order valence-corrected chi connectivity index (χ4v) is 6.19. The summed E-state index contributed by atoms with van der Waals surface area (Å²) in [5.74, 6) is -0.0620. The fourth-order valence-electron chi connectivity index (χ4n) is 6.19. The average molecular weight is 568 g/mol. The molecule has 0 saturated heterocycles. The van der Waals surface area contributed by atoms with Gasteiger partial charge in [0.15, 0.2) is 0 Å². The molecule has 0 saturated carbocycles. The number of para-hydroxylation sites is 1. The fraction of sp³-hybridized carbons (Fsp3) is 0.353. The van der Waals surface area contributed by atoms with Gasteiger partial charge in [0, 0.05) is 48.7 Å². The van der Waals surface area contributed by atoms with Crippen LogP contribution >= 0.6 is 0 Å². The number of aromatic nitrogens is 3. The first-order valence-electron chi connectivity index (χ1n) is 14.8. The number of fused-ring (bicyclic) bond motifs is 3. The average Bonchev–Trinajstić information content (AvgIpc) is 3.48. The lowest BCUT2D eigenvalue weighted by atomic mass is 9.98. The molecule has 42 heavy (non-hydrogen) atoms. The summed E-state index contributed by atoms with van der Waals surface area (Å²) in [5, 5.41) is 18.5. The predicted molar refractivity (Wildman–Crippen MR) is 163 cm³/mol. The van der Waals surface area contributed by atoms with Gasteiger partial charge in [0.25, 0.3) is 0 Å². The molecular formula is C34H37N3O5. The predicted octanol–water partition coefficient (Wildman–Crippen LogP) is 6.75. The number of carboxylic acid groups (broad SMARTS) is 1. The van der Waals surface area contributed by atoms with Crippen LogP contribution < -0.4 is 4.74 Å². The van der Waals surface area contributed by atoms with Gasteiger partial charge in [0.1, 0.15) is 11.4 Å². The highest BCUT2D eigenvalue weighted by atomic mass is 16.5. The van der Waals surface area contributed by atoms with Gasteiger partial charge in [-0.15, -0.1) is 0 Å². The second-order valence-corrected chi connectivity index (χ2v) is 10.7. The molecule has 0 bridgehead atoms. The van der Waals surface area contributed by atoms with Crippen LogP contribution in [0, 0.1) is 0 Å². The molecule has 0 amide bonds. The van der Waals surface area contributed by atoms with Crippen LogP contribution in [0.3, 0.4) is 0 Å². The normalized spacial score (nSPS) is 13.7. The highest BCUT2D eigenvalue weighted by Gasteiger charge is 2.27. The number of aromatic carboxylic acids is 1. The van der Waals surface area contributed by atoms with Crippen LogP contribution in [-0.4, -0.2) is 45.2 Å². The smallest absolute Gasteiger partial charge is 0.352 e. The van der Waals surface area contributed by atoms with Crippen molar-refractivity contribution in [2.45, 2.75) is 52.4 Å². The Kier molecular flexibility index (Phi) is 8.26. The first kappa shape index (κ1) is 28.0. The molecule has 6 rings (SSSR count). The van der Waals surface area contributed by atoms with E-state index in [1.807, 2.05) is 53.6 Å². The summed E-state index contributed by atoms with van der Waals surface area (Å²) in [6.45, 7) is 5.05. The minimum atomic E-state index is -0.908. The second kappa shape index (κ2) is 12.4. The molecule has 1 aliphatic heterocycles. The molecule has 0 fully saturated rings. The topological polar surface area (TPSA) is 87.7 Å². The number of rotatable bonds is 9. The van der Waals surface area contributed by atoms with Crippen molar-refractivity contribution in [3.63, 3.8) is 0 Å². The third kappa shape index (κ3) is 5.28. The van der Waals surface area contributed by atoms with E-state index in [0.29, 0.717) is 58.1 Å². The minimum Gasteiger partial charge on any atom is -0.493 e. The lowest BCUT2D eigenvalue weighted by Crippen LogP contribution is -2.12. The van der Waals surface area contributed by atoms with Crippen molar-refractivity contribution < 1.29 is 24.1 Å². The van der Waals surface area contributed by atoms with Gasteiger partial charge in [0.05, 0.1) is 36.7 Å². The molecule has 3 aromatic carbocycles. The molecule has 3 heterocycles. The van der Waals surface area contributed by atoms with E-state index < -0.39 is 5.97 Å². The number of hydrogen-bond acceptors (Lipinski definition) is 5. The molecule has 0 radical (unpaired) electrons. The third-order valence-electron chi connectivity index (χ3n) is 8.08. The van der Waals surface area contributed by atoms with E-state index in [2.05, 4.69) is 30.3 Å². The zero-order valence-corrected chi connectivity index (χ0v) is 24.3. The van der Waals surface area contributed by atoms with Crippen LogP contribution in [-0.2, 0) is 42.7 Å². The van der Waals surface area contributed by atoms with Gasteiger partial charge >= 0.3 is 5.97 Å². The Hall–Kier alpha value is -4.14. The Morgan fingerprint density at radius 3 is 2.71 bits per heavy atom. The molecule has 5 aromatic rings. The Morgan fingerprint density at radius 2 is 1.86 bits per heavy atom. The summed E-state index contributed by atoms with van der Waals surface area (Å²) >= 11 is 0. The highest BCUT2D eigenvalue weighted by molar-refractivity contribution is 6.04. The van der Waals surface area contributed by atoms with E-state index >= 15 is 0 Å². The molecule has 0 unspecified atom stereocenters. The zero-order chi connectivity index (χ0) is 29.1. The zero-order valence-electron chi connectivity index (χ0n) is 24.3. The summed E-state index contributed by atoms with van der Waals surface area (Å²) in [6, 6.07) is 20.4. The van der Waals surface area contributed by atoms with Crippen molar-refractivity contribution >= 4 is 27.6 Å². The number of ether oxygens (including phenoxy) is 3. The van der Waals surface area contributed by atoms with Crippen molar-refractivity contribution in [2.75, 3.05) is 19.8 Å². The summed E-state index contributed by atoms with van der Waals surface area (Å²) in [7, 11) is 1.93. The summed E-state index contributed by atoms with van der Waals surface area (Å²) in [6.07, 6.45) is 2.94. The van der Waals surface area contributed by atoms with E-state index in [1.165, 1.54) is 0 Å². The monoisotopic (exact) mass is 567 g/mol. The van der Waals surface area contributed by atoms with Crippen LogP contribution in [0.15, 0.2) is 60.7 Å². The largest absolute Gasteiger partial charge is 0.493 e. The molecule has 218 valence electrons. The quantitative estimate of drug-likeness (QED) is 0.198. The summed E-state index contributed by atoms with van der Waals surface area (Å²) in [4.78, 5) is 12.9. The number of aryl methyl sites for hydroxylation is 3. The Balaban J connectivity index is 1.41. The van der Waals surface area contributed by atoms with Gasteiger partial charge in [-0.05, 0) is 49.6 Å². The van der Waals surface area contributed by atoms with Crippen LogP contribution in [0.5, 0.6) is 5.75 Å². The van der Waals surface area contributed by atoms with Crippen molar-refractivity contribution in [2.24, 2.45) is 7.05 Å². The maximum Gasteiger partial charge on any atom is 0.352 e. The lowest BCUT2D eigenvalue weighted by Gasteiger charge is -2.12. The molecule has 0 atom stereocenters. The molecular weight excluding hydrogens is 530 g/mol. The number of benzene rings is 3. The maximum atomic E-state index is 12.9. The van der Waals surface area contributed by atoms with Gasteiger partial charge in [-0.25, -0.2) is 4.79 Å². The second-order valence-electron chi connectivity index (χ2n) is 10.7. The molecule has 0 aliphatic carbocycles. The summed E-state index contributed by atoms with van der Waals surface area (Å²) in [5.41, 5.74) is 5.89. The van der Waals surface area contributed by atoms with Crippen LogP contribution in [0.2, 0.25) is 0 Å². The van der Waals surface area contributed by atoms with Gasteiger partial charge in [0.2, 0.25) is 0 Å². The van der Waals surface area contributed by atoms with Crippen molar-refractivity contribution in [3.05, 3.63) is 83.3 Å². The molecule has 1 aliphatic rings. The van der Waals surface area contributed by atoms with E-state index in [1.54, 1.807) is 0 Å². The first-order valence-corrected chi connectivity index (χ1v) is 14.8. The number of carbonyl (C=O) groups is 1. The third-order valence-corrected chi connectivity index (χ3v) is 8.08. The standard InChI is InChI=1S/C34H37N3O5/c1-3-40-21-28-31-27-15-9-14-25-26(16-10-20-42-30-17-8-12-23-11-4-5-13-24(23)30)33(34(38)39)37(32(25)27)18-6-7-19-41-22-29(31)36(2)35-28/h4-5,8-9,11-15,17H,3,6-7,10,16,18-22H2,1-2H3,(H,38,39). The van der Waals surface area contributed by atoms with E-state index in [4.69, 9.17) is 19.3 Å². The number of hydrogen-bond donors (Lipinski definition) is 1. The molecule has 1 N–H and O–H groups in total. The first-order chi connectivity index (χ1) is 20.6. The van der Waals surface area contributed by atoms with E-state index in [-0.39, 0.29) is 0 Å². The molecule has 0 spiro atoms. The lowest BCUT2D eigenvalue weighted by molar-refractivity contribution is 0.0683. The molecule has 2 aromatic heterocycles.